The third-order valence-corrected chi connectivity index (χ3v) is 7.01. The van der Waals surface area contributed by atoms with E-state index in [4.69, 9.17) is 4.74 Å². The van der Waals surface area contributed by atoms with Gasteiger partial charge in [-0.25, -0.2) is 23.7 Å². The number of ether oxygens (including phenoxy) is 1. The summed E-state index contributed by atoms with van der Waals surface area (Å²) in [5.41, 5.74) is -0.168. The minimum Gasteiger partial charge on any atom is -0.367 e. The van der Waals surface area contributed by atoms with E-state index < -0.39 is 28.9 Å². The summed E-state index contributed by atoms with van der Waals surface area (Å²) in [7, 11) is 0. The number of aryl methyl sites for hydroxylation is 2. The number of nitrogens with zero attached hydrogens (tertiary/aromatic N) is 7. The Balaban J connectivity index is 1.45. The van der Waals surface area contributed by atoms with Crippen LogP contribution in [0.3, 0.4) is 0 Å². The van der Waals surface area contributed by atoms with Gasteiger partial charge in [-0.3, -0.25) is 4.68 Å². The number of anilines is 1. The Bertz CT molecular complexity index is 1580. The molecule has 1 aliphatic carbocycles. The summed E-state index contributed by atoms with van der Waals surface area (Å²) in [5.74, 6) is -2.74. The van der Waals surface area contributed by atoms with Gasteiger partial charge in [-0.15, -0.1) is 0 Å². The lowest BCUT2D eigenvalue weighted by atomic mass is 10.1. The van der Waals surface area contributed by atoms with Gasteiger partial charge < -0.3 is 9.64 Å². The number of halogens is 5. The Hall–Kier alpha value is -3.74. The summed E-state index contributed by atoms with van der Waals surface area (Å²) in [6.07, 6.45) is 0.264. The lowest BCUT2D eigenvalue weighted by Gasteiger charge is -2.36. The maximum atomic E-state index is 15.1. The van der Waals surface area contributed by atoms with Gasteiger partial charge in [-0.2, -0.15) is 23.3 Å². The zero-order valence-electron chi connectivity index (χ0n) is 21.3. The molecule has 13 heteroatoms. The topological polar surface area (TPSA) is 81.9 Å². The number of hydrogen-bond acceptors (Lipinski definition) is 7. The summed E-state index contributed by atoms with van der Waals surface area (Å²) >= 11 is 0. The van der Waals surface area contributed by atoms with E-state index in [2.05, 4.69) is 25.0 Å². The van der Waals surface area contributed by atoms with Crippen LogP contribution in [-0.4, -0.2) is 48.9 Å². The molecular weight excluding hydrogens is 521 g/mol. The SMILES string of the molecule is Cc1nc2nc(N3CC(C)O[C@H](c4cnn(C5CC5)c4)C3)nc(-c3cc(F)c(C(F)(F)F)cc3F)c2nc1C. The molecule has 1 unspecified atom stereocenters. The number of aromatic nitrogens is 6. The quantitative estimate of drug-likeness (QED) is 0.313. The highest BCUT2D eigenvalue weighted by atomic mass is 19.4. The third kappa shape index (κ3) is 4.79. The van der Waals surface area contributed by atoms with Gasteiger partial charge in [0.15, 0.2) is 5.65 Å². The number of benzene rings is 1. The molecule has 0 N–H and O–H groups in total. The fourth-order valence-corrected chi connectivity index (χ4v) is 4.73. The molecule has 0 radical (unpaired) electrons. The Morgan fingerprint density at radius 1 is 0.949 bits per heavy atom. The van der Waals surface area contributed by atoms with Crippen LogP contribution in [0.5, 0.6) is 0 Å². The van der Waals surface area contributed by atoms with Crippen LogP contribution in [0.4, 0.5) is 27.9 Å². The molecule has 0 amide bonds. The molecule has 2 fully saturated rings. The fraction of sp³-hybridized carbons (Fsp3) is 0.423. The number of alkyl halides is 3. The minimum atomic E-state index is -5.05. The fourth-order valence-electron chi connectivity index (χ4n) is 4.73. The first-order valence-electron chi connectivity index (χ1n) is 12.5. The van der Waals surface area contributed by atoms with E-state index in [1.807, 2.05) is 22.7 Å². The Labute approximate surface area is 219 Å². The molecule has 8 nitrogen and oxygen atoms in total. The average Bonchev–Trinajstić information content (AvgIpc) is 3.60. The Kier molecular flexibility index (Phi) is 6.01. The van der Waals surface area contributed by atoms with Gasteiger partial charge >= 0.3 is 6.18 Å². The zero-order chi connectivity index (χ0) is 27.6. The molecule has 2 atom stereocenters. The molecular formula is C26H24F5N7O. The van der Waals surface area contributed by atoms with Gasteiger partial charge in [-0.05, 0) is 45.7 Å². The van der Waals surface area contributed by atoms with Crippen LogP contribution >= 0.6 is 0 Å². The first kappa shape index (κ1) is 25.5. The third-order valence-electron chi connectivity index (χ3n) is 7.01. The van der Waals surface area contributed by atoms with Crippen molar-refractivity contribution >= 4 is 17.1 Å². The molecule has 6 rings (SSSR count). The second-order valence-corrected chi connectivity index (χ2v) is 10.1. The second kappa shape index (κ2) is 9.18. The van der Waals surface area contributed by atoms with Crippen LogP contribution in [-0.2, 0) is 10.9 Å². The average molecular weight is 546 g/mol. The van der Waals surface area contributed by atoms with Gasteiger partial charge in [0.1, 0.15) is 28.9 Å². The van der Waals surface area contributed by atoms with Crippen LogP contribution in [0.25, 0.3) is 22.4 Å². The van der Waals surface area contributed by atoms with Crippen molar-refractivity contribution < 1.29 is 26.7 Å². The summed E-state index contributed by atoms with van der Waals surface area (Å²) in [4.78, 5) is 19.8. The van der Waals surface area contributed by atoms with Crippen molar-refractivity contribution in [2.45, 2.75) is 58.0 Å². The smallest absolute Gasteiger partial charge is 0.367 e. The molecule has 3 aromatic heterocycles. The molecule has 39 heavy (non-hydrogen) atoms. The largest absolute Gasteiger partial charge is 0.419 e. The second-order valence-electron chi connectivity index (χ2n) is 10.1. The molecule has 0 spiro atoms. The number of morpholine rings is 1. The molecule has 0 bridgehead atoms. The van der Waals surface area contributed by atoms with E-state index >= 15 is 4.39 Å². The molecule has 4 aromatic rings. The zero-order valence-corrected chi connectivity index (χ0v) is 21.3. The predicted molar refractivity (Wildman–Crippen MR) is 131 cm³/mol. The van der Waals surface area contributed by atoms with Crippen LogP contribution in [0.15, 0.2) is 24.5 Å². The molecule has 1 aromatic carbocycles. The van der Waals surface area contributed by atoms with Gasteiger partial charge in [0, 0.05) is 23.9 Å². The van der Waals surface area contributed by atoms with Crippen molar-refractivity contribution in [2.75, 3.05) is 18.0 Å². The van der Waals surface area contributed by atoms with Crippen LogP contribution in [0, 0.1) is 25.5 Å². The predicted octanol–water partition coefficient (Wildman–Crippen LogP) is 5.50. The van der Waals surface area contributed by atoms with E-state index in [1.165, 1.54) is 0 Å². The summed E-state index contributed by atoms with van der Waals surface area (Å²) in [6.45, 7) is 6.03. The first-order chi connectivity index (χ1) is 18.5. The van der Waals surface area contributed by atoms with Gasteiger partial charge in [0.25, 0.3) is 0 Å². The molecule has 4 heterocycles. The number of rotatable bonds is 4. The highest BCUT2D eigenvalue weighted by molar-refractivity contribution is 5.88. The Morgan fingerprint density at radius 3 is 2.41 bits per heavy atom. The van der Waals surface area contributed by atoms with Crippen LogP contribution in [0.1, 0.15) is 54.4 Å². The maximum absolute atomic E-state index is 15.1. The lowest BCUT2D eigenvalue weighted by Crippen LogP contribution is -2.43. The maximum Gasteiger partial charge on any atom is 0.419 e. The van der Waals surface area contributed by atoms with E-state index in [-0.39, 0.29) is 41.1 Å². The van der Waals surface area contributed by atoms with Crippen molar-refractivity contribution in [3.05, 3.63) is 58.7 Å². The molecule has 2 aliphatic rings. The van der Waals surface area contributed by atoms with E-state index in [0.717, 1.165) is 18.4 Å². The van der Waals surface area contributed by atoms with Gasteiger partial charge in [-0.1, -0.05) is 0 Å². The van der Waals surface area contributed by atoms with E-state index in [0.29, 0.717) is 36.6 Å². The van der Waals surface area contributed by atoms with Gasteiger partial charge in [0.05, 0.1) is 41.8 Å². The van der Waals surface area contributed by atoms with E-state index in [9.17, 15) is 17.6 Å². The Morgan fingerprint density at radius 2 is 1.69 bits per heavy atom. The van der Waals surface area contributed by atoms with Crippen LogP contribution in [0.2, 0.25) is 0 Å². The molecule has 1 saturated carbocycles. The molecule has 204 valence electrons. The summed E-state index contributed by atoms with van der Waals surface area (Å²) in [6, 6.07) is 1.04. The lowest BCUT2D eigenvalue weighted by molar-refractivity contribution is -0.140. The molecule has 1 saturated heterocycles. The van der Waals surface area contributed by atoms with Crippen molar-refractivity contribution in [3.63, 3.8) is 0 Å². The van der Waals surface area contributed by atoms with Crippen molar-refractivity contribution in [1.29, 1.82) is 0 Å². The highest BCUT2D eigenvalue weighted by Gasteiger charge is 2.36. The summed E-state index contributed by atoms with van der Waals surface area (Å²) in [5, 5.41) is 4.44. The van der Waals surface area contributed by atoms with E-state index in [1.54, 1.807) is 20.0 Å². The van der Waals surface area contributed by atoms with Crippen molar-refractivity contribution in [1.82, 2.24) is 29.7 Å². The highest BCUT2D eigenvalue weighted by Crippen LogP contribution is 2.38. The summed E-state index contributed by atoms with van der Waals surface area (Å²) < 4.78 is 77.4. The van der Waals surface area contributed by atoms with Crippen molar-refractivity contribution in [3.8, 4) is 11.3 Å². The number of hydrogen-bond donors (Lipinski definition) is 0. The minimum absolute atomic E-state index is 0.0588. The van der Waals surface area contributed by atoms with Gasteiger partial charge in [0.2, 0.25) is 5.95 Å². The standard InChI is InChI=1S/C26H24F5N7O/c1-12-9-37(11-21(39-12)15-8-32-38(10-15)16-4-5-16)25-35-22(23-24(36-25)34-14(3)13(2)33-23)17-6-20(28)18(7-19(17)27)26(29,30)31/h6-8,10,12,16,21H,4-5,9,11H2,1-3H3/t12?,21-/m0/s1. The normalized spacial score (nSPS) is 20.2. The van der Waals surface area contributed by atoms with Crippen LogP contribution < -0.4 is 4.90 Å². The molecule has 1 aliphatic heterocycles. The first-order valence-corrected chi connectivity index (χ1v) is 12.5. The van der Waals surface area contributed by atoms with Crippen molar-refractivity contribution in [2.24, 2.45) is 0 Å². The monoisotopic (exact) mass is 545 g/mol. The number of fused-ring (bicyclic) bond motifs is 1.